The highest BCUT2D eigenvalue weighted by Gasteiger charge is 2.24. The minimum absolute atomic E-state index is 0.229. The second-order valence-electron chi connectivity index (χ2n) is 3.06. The average Bonchev–Trinajstić information content (AvgIpc) is 2.69. The van der Waals surface area contributed by atoms with E-state index in [9.17, 15) is 9.18 Å². The molecule has 0 saturated heterocycles. The van der Waals surface area contributed by atoms with Gasteiger partial charge in [0, 0.05) is 6.04 Å². The third kappa shape index (κ3) is 2.33. The van der Waals surface area contributed by atoms with E-state index >= 15 is 0 Å². The van der Waals surface area contributed by atoms with E-state index in [0.717, 1.165) is 12.8 Å². The van der Waals surface area contributed by atoms with E-state index in [1.165, 1.54) is 0 Å². The van der Waals surface area contributed by atoms with Crippen molar-refractivity contribution in [1.29, 1.82) is 0 Å². The first kappa shape index (κ1) is 8.24. The third-order valence-corrected chi connectivity index (χ3v) is 1.55. The minimum atomic E-state index is -0.642. The molecule has 1 fully saturated rings. The van der Waals surface area contributed by atoms with Gasteiger partial charge < -0.3 is 5.32 Å². The number of halogens is 1. The zero-order valence-electron chi connectivity index (χ0n) is 6.78. The average molecular weight is 157 g/mol. The van der Waals surface area contributed by atoms with Gasteiger partial charge in [-0.2, -0.15) is 0 Å². The molecule has 1 N–H and O–H groups in total. The van der Waals surface area contributed by atoms with Gasteiger partial charge in [-0.1, -0.05) is 0 Å². The molecular weight excluding hydrogens is 145 g/mol. The van der Waals surface area contributed by atoms with Crippen LogP contribution in [-0.2, 0) is 4.79 Å². The van der Waals surface area contributed by atoms with Crippen LogP contribution in [-0.4, -0.2) is 11.9 Å². The molecule has 0 atom stereocenters. The van der Waals surface area contributed by atoms with Gasteiger partial charge in [-0.05, 0) is 32.3 Å². The van der Waals surface area contributed by atoms with Crippen molar-refractivity contribution in [3.63, 3.8) is 0 Å². The molecule has 0 aromatic heterocycles. The van der Waals surface area contributed by atoms with Gasteiger partial charge in [-0.3, -0.25) is 4.79 Å². The van der Waals surface area contributed by atoms with Crippen LogP contribution >= 0.6 is 0 Å². The van der Waals surface area contributed by atoms with Gasteiger partial charge in [-0.25, -0.2) is 4.39 Å². The molecule has 0 spiro atoms. The highest BCUT2D eigenvalue weighted by atomic mass is 19.1. The molecule has 0 unspecified atom stereocenters. The zero-order chi connectivity index (χ0) is 8.43. The summed E-state index contributed by atoms with van der Waals surface area (Å²) in [5, 5.41) is 2.56. The molecular formula is C8H12FNO. The molecule has 1 saturated carbocycles. The Morgan fingerprint density at radius 2 is 2.00 bits per heavy atom. The first-order valence-corrected chi connectivity index (χ1v) is 3.75. The quantitative estimate of drug-likeness (QED) is 0.605. The Bertz CT molecular complexity index is 202. The molecule has 62 valence electrons. The summed E-state index contributed by atoms with van der Waals surface area (Å²) < 4.78 is 12.8. The maximum atomic E-state index is 12.8. The van der Waals surface area contributed by atoms with Crippen molar-refractivity contribution in [3.05, 3.63) is 11.4 Å². The lowest BCUT2D eigenvalue weighted by Gasteiger charge is -2.00. The number of rotatable bonds is 2. The Kier molecular flexibility index (Phi) is 2.27. The largest absolute Gasteiger partial charge is 0.347 e. The van der Waals surface area contributed by atoms with E-state index in [-0.39, 0.29) is 6.04 Å². The highest BCUT2D eigenvalue weighted by molar-refractivity contribution is 5.92. The van der Waals surface area contributed by atoms with E-state index in [1.807, 2.05) is 0 Å². The van der Waals surface area contributed by atoms with Gasteiger partial charge in [0.1, 0.15) is 0 Å². The summed E-state index contributed by atoms with van der Waals surface area (Å²) in [4.78, 5) is 10.9. The van der Waals surface area contributed by atoms with E-state index in [1.54, 1.807) is 13.8 Å². The van der Waals surface area contributed by atoms with E-state index in [2.05, 4.69) is 5.32 Å². The highest BCUT2D eigenvalue weighted by Crippen LogP contribution is 2.19. The second-order valence-corrected chi connectivity index (χ2v) is 3.06. The number of allylic oxidation sites excluding steroid dienone is 1. The molecule has 0 aromatic rings. The van der Waals surface area contributed by atoms with Crippen LogP contribution in [0.5, 0.6) is 0 Å². The third-order valence-electron chi connectivity index (χ3n) is 1.55. The predicted molar refractivity (Wildman–Crippen MR) is 40.6 cm³/mol. The molecule has 1 aliphatic carbocycles. The molecule has 3 heteroatoms. The van der Waals surface area contributed by atoms with E-state index < -0.39 is 11.7 Å². The molecule has 0 aliphatic heterocycles. The number of hydrogen-bond acceptors (Lipinski definition) is 1. The fraction of sp³-hybridized carbons (Fsp3) is 0.625. The van der Waals surface area contributed by atoms with Crippen molar-refractivity contribution in [2.45, 2.75) is 32.7 Å². The van der Waals surface area contributed by atoms with Crippen LogP contribution in [0.1, 0.15) is 26.7 Å². The lowest BCUT2D eigenvalue weighted by Crippen LogP contribution is -2.26. The predicted octanol–water partition coefficient (Wildman–Crippen LogP) is 1.53. The standard InChI is InChI=1S/C8H12FNO/c1-5(2)7(9)8(11)10-6-3-4-6/h6H,3-4H2,1-2H3,(H,10,11). The number of carbonyl (C=O) groups excluding carboxylic acids is 1. The van der Waals surface area contributed by atoms with Crippen molar-refractivity contribution < 1.29 is 9.18 Å². The molecule has 0 heterocycles. The van der Waals surface area contributed by atoms with Gasteiger partial charge in [-0.15, -0.1) is 0 Å². The van der Waals surface area contributed by atoms with Crippen LogP contribution in [0.4, 0.5) is 4.39 Å². The number of amides is 1. The van der Waals surface area contributed by atoms with Crippen LogP contribution in [0.3, 0.4) is 0 Å². The summed E-state index contributed by atoms with van der Waals surface area (Å²) in [5.41, 5.74) is 0.433. The van der Waals surface area contributed by atoms with Crippen molar-refractivity contribution in [2.24, 2.45) is 0 Å². The van der Waals surface area contributed by atoms with Gasteiger partial charge in [0.15, 0.2) is 5.83 Å². The van der Waals surface area contributed by atoms with Crippen LogP contribution in [0.15, 0.2) is 11.4 Å². The summed E-state index contributed by atoms with van der Waals surface area (Å²) >= 11 is 0. The minimum Gasteiger partial charge on any atom is -0.347 e. The SMILES string of the molecule is CC(C)=C(F)C(=O)NC1CC1. The summed E-state index contributed by atoms with van der Waals surface area (Å²) in [5.74, 6) is -1.20. The van der Waals surface area contributed by atoms with Gasteiger partial charge in [0.2, 0.25) is 0 Å². The lowest BCUT2D eigenvalue weighted by molar-refractivity contribution is -0.119. The second kappa shape index (κ2) is 3.03. The van der Waals surface area contributed by atoms with Crippen molar-refractivity contribution in [3.8, 4) is 0 Å². The number of hydrogen-bond donors (Lipinski definition) is 1. The Hall–Kier alpha value is -0.860. The normalized spacial score (nSPS) is 15.9. The Morgan fingerprint density at radius 1 is 1.45 bits per heavy atom. The molecule has 1 rings (SSSR count). The first-order valence-electron chi connectivity index (χ1n) is 3.75. The molecule has 11 heavy (non-hydrogen) atoms. The summed E-state index contributed by atoms with van der Waals surface area (Å²) in [6, 6.07) is 0.229. The monoisotopic (exact) mass is 157 g/mol. The van der Waals surface area contributed by atoms with Crippen LogP contribution in [0.25, 0.3) is 0 Å². The zero-order valence-corrected chi connectivity index (χ0v) is 6.78. The topological polar surface area (TPSA) is 29.1 Å². The first-order chi connectivity index (χ1) is 5.11. The fourth-order valence-electron chi connectivity index (χ4n) is 0.703. The lowest BCUT2D eigenvalue weighted by atomic mass is 10.3. The molecule has 1 amide bonds. The maximum absolute atomic E-state index is 12.8. The molecule has 0 radical (unpaired) electrons. The van der Waals surface area contributed by atoms with Crippen LogP contribution in [0, 0.1) is 0 Å². The smallest absolute Gasteiger partial charge is 0.280 e. The Morgan fingerprint density at radius 3 is 2.36 bits per heavy atom. The van der Waals surface area contributed by atoms with Gasteiger partial charge >= 0.3 is 0 Å². The van der Waals surface area contributed by atoms with Crippen LogP contribution in [0.2, 0.25) is 0 Å². The van der Waals surface area contributed by atoms with E-state index in [0.29, 0.717) is 5.57 Å². The van der Waals surface area contributed by atoms with Crippen LogP contribution < -0.4 is 5.32 Å². The number of carbonyl (C=O) groups is 1. The molecule has 0 aromatic carbocycles. The number of nitrogens with one attached hydrogen (secondary N) is 1. The fourth-order valence-corrected chi connectivity index (χ4v) is 0.703. The van der Waals surface area contributed by atoms with Crippen molar-refractivity contribution in [2.75, 3.05) is 0 Å². The molecule has 0 bridgehead atoms. The summed E-state index contributed by atoms with van der Waals surface area (Å²) in [7, 11) is 0. The van der Waals surface area contributed by atoms with Crippen molar-refractivity contribution >= 4 is 5.91 Å². The molecule has 2 nitrogen and oxygen atoms in total. The van der Waals surface area contributed by atoms with E-state index in [4.69, 9.17) is 0 Å². The maximum Gasteiger partial charge on any atom is 0.280 e. The Labute approximate surface area is 65.5 Å². The summed E-state index contributed by atoms with van der Waals surface area (Å²) in [6.45, 7) is 3.17. The molecule has 1 aliphatic rings. The van der Waals surface area contributed by atoms with Gasteiger partial charge in [0.25, 0.3) is 5.91 Å². The summed E-state index contributed by atoms with van der Waals surface area (Å²) in [6.07, 6.45) is 1.98. The van der Waals surface area contributed by atoms with Crippen molar-refractivity contribution in [1.82, 2.24) is 5.32 Å². The Balaban J connectivity index is 2.45. The van der Waals surface area contributed by atoms with Gasteiger partial charge in [0.05, 0.1) is 0 Å².